The SMILES string of the molecule is CC(=O)N1CCN(c2cccc(NC(=O)Cc3ccc(Cl)cc3)c2)CC1. The number of halogens is 1. The van der Waals surface area contributed by atoms with Crippen molar-refractivity contribution in [3.05, 3.63) is 59.1 Å². The van der Waals surface area contributed by atoms with Gasteiger partial charge in [-0.3, -0.25) is 9.59 Å². The van der Waals surface area contributed by atoms with Crippen LogP contribution in [0.2, 0.25) is 5.02 Å². The molecule has 2 amide bonds. The Kier molecular flexibility index (Phi) is 5.78. The molecule has 1 heterocycles. The van der Waals surface area contributed by atoms with E-state index in [9.17, 15) is 9.59 Å². The van der Waals surface area contributed by atoms with E-state index in [1.807, 2.05) is 41.3 Å². The first-order valence-corrected chi connectivity index (χ1v) is 9.04. The molecule has 1 N–H and O–H groups in total. The summed E-state index contributed by atoms with van der Waals surface area (Å²) in [6.45, 7) is 4.64. The fraction of sp³-hybridized carbons (Fsp3) is 0.300. The van der Waals surface area contributed by atoms with Crippen LogP contribution in [0.15, 0.2) is 48.5 Å². The van der Waals surface area contributed by atoms with Gasteiger partial charge in [-0.1, -0.05) is 29.8 Å². The van der Waals surface area contributed by atoms with Crippen LogP contribution in [0.1, 0.15) is 12.5 Å². The zero-order valence-corrected chi connectivity index (χ0v) is 15.5. The van der Waals surface area contributed by atoms with Crippen molar-refractivity contribution < 1.29 is 9.59 Å². The van der Waals surface area contributed by atoms with E-state index in [2.05, 4.69) is 10.2 Å². The molecule has 6 heteroatoms. The predicted molar refractivity (Wildman–Crippen MR) is 105 cm³/mol. The fourth-order valence-electron chi connectivity index (χ4n) is 3.05. The Balaban J connectivity index is 1.59. The molecule has 1 aliphatic rings. The molecule has 136 valence electrons. The number of rotatable bonds is 4. The zero-order valence-electron chi connectivity index (χ0n) is 14.7. The summed E-state index contributed by atoms with van der Waals surface area (Å²) in [4.78, 5) is 27.8. The standard InChI is InChI=1S/C20H22ClN3O2/c1-15(25)23-9-11-24(12-10-23)19-4-2-3-18(14-19)22-20(26)13-16-5-7-17(21)8-6-16/h2-8,14H,9-13H2,1H3,(H,22,26). The van der Waals surface area contributed by atoms with Crippen molar-refractivity contribution in [2.24, 2.45) is 0 Å². The Hall–Kier alpha value is -2.53. The van der Waals surface area contributed by atoms with Gasteiger partial charge < -0.3 is 15.1 Å². The minimum atomic E-state index is -0.0640. The smallest absolute Gasteiger partial charge is 0.228 e. The molecule has 0 aliphatic carbocycles. The number of nitrogens with zero attached hydrogens (tertiary/aromatic N) is 2. The second-order valence-electron chi connectivity index (χ2n) is 6.39. The van der Waals surface area contributed by atoms with Gasteiger partial charge in [0.05, 0.1) is 6.42 Å². The van der Waals surface area contributed by atoms with Gasteiger partial charge in [0.25, 0.3) is 0 Å². The number of carbonyl (C=O) groups is 2. The molecule has 1 aliphatic heterocycles. The molecule has 1 saturated heterocycles. The van der Waals surface area contributed by atoms with Crippen LogP contribution in [0, 0.1) is 0 Å². The minimum Gasteiger partial charge on any atom is -0.368 e. The van der Waals surface area contributed by atoms with E-state index in [0.717, 1.165) is 43.1 Å². The van der Waals surface area contributed by atoms with E-state index in [1.165, 1.54) is 0 Å². The van der Waals surface area contributed by atoms with E-state index < -0.39 is 0 Å². The largest absolute Gasteiger partial charge is 0.368 e. The molecule has 0 aromatic heterocycles. The number of carbonyl (C=O) groups excluding carboxylic acids is 2. The monoisotopic (exact) mass is 371 g/mol. The van der Waals surface area contributed by atoms with Crippen molar-refractivity contribution in [1.29, 1.82) is 0 Å². The van der Waals surface area contributed by atoms with Gasteiger partial charge in [-0.15, -0.1) is 0 Å². The Morgan fingerprint density at radius 3 is 2.38 bits per heavy atom. The highest BCUT2D eigenvalue weighted by Gasteiger charge is 2.19. The first kappa shape index (κ1) is 18.3. The molecule has 2 aromatic carbocycles. The highest BCUT2D eigenvalue weighted by molar-refractivity contribution is 6.30. The summed E-state index contributed by atoms with van der Waals surface area (Å²) in [7, 11) is 0. The summed E-state index contributed by atoms with van der Waals surface area (Å²) in [5.41, 5.74) is 2.75. The van der Waals surface area contributed by atoms with E-state index in [-0.39, 0.29) is 11.8 Å². The van der Waals surface area contributed by atoms with Gasteiger partial charge in [0.15, 0.2) is 0 Å². The summed E-state index contributed by atoms with van der Waals surface area (Å²) >= 11 is 5.87. The Bertz CT molecular complexity index is 784. The van der Waals surface area contributed by atoms with E-state index in [1.54, 1.807) is 19.1 Å². The molecule has 26 heavy (non-hydrogen) atoms. The van der Waals surface area contributed by atoms with Crippen molar-refractivity contribution in [3.63, 3.8) is 0 Å². The average molecular weight is 372 g/mol. The number of hydrogen-bond donors (Lipinski definition) is 1. The van der Waals surface area contributed by atoms with Gasteiger partial charge in [-0.2, -0.15) is 0 Å². The third-order valence-corrected chi connectivity index (χ3v) is 4.75. The Morgan fingerprint density at radius 1 is 1.04 bits per heavy atom. The average Bonchev–Trinajstić information content (AvgIpc) is 2.64. The maximum atomic E-state index is 12.3. The molecule has 0 saturated carbocycles. The molecular formula is C20H22ClN3O2. The van der Waals surface area contributed by atoms with Gasteiger partial charge >= 0.3 is 0 Å². The molecule has 0 unspecified atom stereocenters. The molecule has 0 bridgehead atoms. The molecule has 0 spiro atoms. The summed E-state index contributed by atoms with van der Waals surface area (Å²) in [6, 6.07) is 15.1. The number of piperazine rings is 1. The molecule has 0 atom stereocenters. The summed E-state index contributed by atoms with van der Waals surface area (Å²) < 4.78 is 0. The molecular weight excluding hydrogens is 350 g/mol. The van der Waals surface area contributed by atoms with Crippen LogP contribution in [-0.2, 0) is 16.0 Å². The second kappa shape index (κ2) is 8.23. The van der Waals surface area contributed by atoms with E-state index in [4.69, 9.17) is 11.6 Å². The molecule has 5 nitrogen and oxygen atoms in total. The lowest BCUT2D eigenvalue weighted by atomic mass is 10.1. The second-order valence-corrected chi connectivity index (χ2v) is 6.83. The number of anilines is 2. The van der Waals surface area contributed by atoms with Crippen LogP contribution in [0.25, 0.3) is 0 Å². The van der Waals surface area contributed by atoms with Gasteiger partial charge in [0.1, 0.15) is 0 Å². The van der Waals surface area contributed by atoms with Gasteiger partial charge in [-0.05, 0) is 35.9 Å². The molecule has 3 rings (SSSR count). The van der Waals surface area contributed by atoms with Crippen LogP contribution in [0.3, 0.4) is 0 Å². The highest BCUT2D eigenvalue weighted by Crippen LogP contribution is 2.21. The first-order chi connectivity index (χ1) is 12.5. The summed E-state index contributed by atoms with van der Waals surface area (Å²) in [6.07, 6.45) is 0.304. The van der Waals surface area contributed by atoms with Crippen LogP contribution in [0.5, 0.6) is 0 Å². The zero-order chi connectivity index (χ0) is 18.5. The summed E-state index contributed by atoms with van der Waals surface area (Å²) in [5, 5.41) is 3.61. The molecule has 2 aromatic rings. The van der Waals surface area contributed by atoms with Crippen LogP contribution >= 0.6 is 11.6 Å². The van der Waals surface area contributed by atoms with E-state index >= 15 is 0 Å². The van der Waals surface area contributed by atoms with E-state index in [0.29, 0.717) is 11.4 Å². The predicted octanol–water partition coefficient (Wildman–Crippen LogP) is 3.19. The van der Waals surface area contributed by atoms with Crippen molar-refractivity contribution in [3.8, 4) is 0 Å². The lowest BCUT2D eigenvalue weighted by molar-refractivity contribution is -0.129. The normalized spacial score (nSPS) is 14.2. The lowest BCUT2D eigenvalue weighted by Gasteiger charge is -2.35. The Morgan fingerprint density at radius 2 is 1.73 bits per heavy atom. The third-order valence-electron chi connectivity index (χ3n) is 4.50. The quantitative estimate of drug-likeness (QED) is 0.898. The van der Waals surface area contributed by atoms with Gasteiger partial charge in [-0.25, -0.2) is 0 Å². The molecule has 0 radical (unpaired) electrons. The van der Waals surface area contributed by atoms with Gasteiger partial charge in [0.2, 0.25) is 11.8 Å². The van der Waals surface area contributed by atoms with Crippen LogP contribution < -0.4 is 10.2 Å². The Labute approximate surface area is 158 Å². The number of nitrogens with one attached hydrogen (secondary N) is 1. The highest BCUT2D eigenvalue weighted by atomic mass is 35.5. The van der Waals surface area contributed by atoms with Crippen molar-refractivity contribution in [2.75, 3.05) is 36.4 Å². The van der Waals surface area contributed by atoms with Crippen molar-refractivity contribution in [2.45, 2.75) is 13.3 Å². The minimum absolute atomic E-state index is 0.0640. The third kappa shape index (κ3) is 4.76. The number of benzene rings is 2. The summed E-state index contributed by atoms with van der Waals surface area (Å²) in [5.74, 6) is 0.0544. The maximum absolute atomic E-state index is 12.3. The van der Waals surface area contributed by atoms with Gasteiger partial charge in [0, 0.05) is 49.5 Å². The van der Waals surface area contributed by atoms with Crippen LogP contribution in [-0.4, -0.2) is 42.9 Å². The maximum Gasteiger partial charge on any atom is 0.228 e. The fourth-order valence-corrected chi connectivity index (χ4v) is 3.18. The topological polar surface area (TPSA) is 52.7 Å². The number of hydrogen-bond acceptors (Lipinski definition) is 3. The van der Waals surface area contributed by atoms with Crippen molar-refractivity contribution in [1.82, 2.24) is 4.90 Å². The first-order valence-electron chi connectivity index (χ1n) is 8.66. The molecule has 1 fully saturated rings. The van der Waals surface area contributed by atoms with Crippen LogP contribution in [0.4, 0.5) is 11.4 Å². The number of amides is 2. The van der Waals surface area contributed by atoms with Crippen molar-refractivity contribution >= 4 is 34.8 Å². The lowest BCUT2D eigenvalue weighted by Crippen LogP contribution is -2.48.